The van der Waals surface area contributed by atoms with Gasteiger partial charge in [-0.3, -0.25) is 4.79 Å². The highest BCUT2D eigenvalue weighted by atomic mass is 19.1. The molecule has 0 radical (unpaired) electrons. The van der Waals surface area contributed by atoms with Crippen molar-refractivity contribution in [3.05, 3.63) is 53.6 Å². The highest BCUT2D eigenvalue weighted by Gasteiger charge is 2.31. The van der Waals surface area contributed by atoms with Crippen LogP contribution < -0.4 is 14.8 Å². The maximum atomic E-state index is 13.7. The summed E-state index contributed by atoms with van der Waals surface area (Å²) in [5.74, 6) is -1.19. The summed E-state index contributed by atoms with van der Waals surface area (Å²) in [6, 6.07) is 8.15. The lowest BCUT2D eigenvalue weighted by molar-refractivity contribution is -0.125. The number of nitrogens with one attached hydrogen (secondary N) is 1. The zero-order valence-electron chi connectivity index (χ0n) is 14.1. The van der Waals surface area contributed by atoms with Gasteiger partial charge in [-0.2, -0.15) is 0 Å². The summed E-state index contributed by atoms with van der Waals surface area (Å²) in [6.07, 6.45) is -0.775. The van der Waals surface area contributed by atoms with Crippen molar-refractivity contribution >= 4 is 17.3 Å². The van der Waals surface area contributed by atoms with E-state index >= 15 is 0 Å². The third kappa shape index (κ3) is 3.44. The number of benzene rings is 2. The molecule has 0 aliphatic carbocycles. The van der Waals surface area contributed by atoms with Gasteiger partial charge in [0, 0.05) is 18.1 Å². The molecule has 0 saturated heterocycles. The smallest absolute Gasteiger partial charge is 0.268 e. The molecule has 0 unspecified atom stereocenters. The zero-order valence-corrected chi connectivity index (χ0v) is 14.1. The molecule has 1 amide bonds. The highest BCUT2D eigenvalue weighted by Crippen LogP contribution is 2.33. The second kappa shape index (κ2) is 7.38. The van der Waals surface area contributed by atoms with Crippen LogP contribution in [0, 0.1) is 11.6 Å². The number of para-hydroxylation sites is 1. The molecule has 2 aromatic carbocycles. The van der Waals surface area contributed by atoms with E-state index in [1.807, 2.05) is 0 Å². The summed E-state index contributed by atoms with van der Waals surface area (Å²) >= 11 is 0. The maximum absolute atomic E-state index is 13.7. The number of rotatable bonds is 5. The summed E-state index contributed by atoms with van der Waals surface area (Å²) < 4.78 is 37.2. The fourth-order valence-corrected chi connectivity index (χ4v) is 2.60. The molecule has 0 aromatic heterocycles. The van der Waals surface area contributed by atoms with E-state index in [2.05, 4.69) is 10.5 Å². The van der Waals surface area contributed by atoms with Gasteiger partial charge in [-0.15, -0.1) is 0 Å². The quantitative estimate of drug-likeness (QED) is 0.887. The Balaban J connectivity index is 1.73. The molecule has 1 heterocycles. The number of hydrogen-bond donors (Lipinski definition) is 1. The normalized spacial score (nSPS) is 15.8. The van der Waals surface area contributed by atoms with E-state index in [1.54, 1.807) is 18.2 Å². The number of carbonyl (C=O) groups excluding carboxylic acids is 1. The van der Waals surface area contributed by atoms with E-state index in [1.165, 1.54) is 14.2 Å². The fourth-order valence-electron chi connectivity index (χ4n) is 2.60. The largest absolute Gasteiger partial charge is 0.493 e. The number of hydrogen-bond acceptors (Lipinski definition) is 5. The molecule has 0 spiro atoms. The van der Waals surface area contributed by atoms with Crippen molar-refractivity contribution in [1.29, 1.82) is 0 Å². The molecular weight excluding hydrogens is 346 g/mol. The number of anilines is 1. The maximum Gasteiger partial charge on any atom is 0.268 e. The van der Waals surface area contributed by atoms with Gasteiger partial charge in [0.1, 0.15) is 11.6 Å². The molecule has 2 aromatic rings. The van der Waals surface area contributed by atoms with Gasteiger partial charge in [-0.05, 0) is 24.3 Å². The Kier molecular flexibility index (Phi) is 5.01. The lowest BCUT2D eigenvalue weighted by Gasteiger charge is -2.12. The SMILES string of the molecule is COc1cccc(C2=NO[C@@H](C(=O)Nc3ccc(F)cc3F)C2)c1OC. The van der Waals surface area contributed by atoms with E-state index in [0.29, 0.717) is 28.8 Å². The molecule has 1 N–H and O–H groups in total. The molecule has 1 aliphatic rings. The molecule has 136 valence electrons. The predicted octanol–water partition coefficient (Wildman–Crippen LogP) is 3.11. The van der Waals surface area contributed by atoms with Crippen LogP contribution in [0.25, 0.3) is 0 Å². The predicted molar refractivity (Wildman–Crippen MR) is 90.6 cm³/mol. The number of carbonyl (C=O) groups is 1. The Morgan fingerprint density at radius 1 is 1.23 bits per heavy atom. The molecule has 26 heavy (non-hydrogen) atoms. The van der Waals surface area contributed by atoms with Crippen LogP contribution >= 0.6 is 0 Å². The first-order valence-corrected chi connectivity index (χ1v) is 7.73. The Bertz CT molecular complexity index is 870. The minimum Gasteiger partial charge on any atom is -0.493 e. The number of halogens is 2. The number of nitrogens with zero attached hydrogens (tertiary/aromatic N) is 1. The van der Waals surface area contributed by atoms with Gasteiger partial charge in [0.05, 0.1) is 25.6 Å². The molecule has 6 nitrogen and oxygen atoms in total. The van der Waals surface area contributed by atoms with Crippen molar-refractivity contribution < 1.29 is 27.9 Å². The standard InChI is InChI=1S/C18H16F2N2O4/c1-24-15-5-3-4-11(17(15)25-2)14-9-16(26-22-14)18(23)21-13-7-6-10(19)8-12(13)20/h3-8,16H,9H2,1-2H3,(H,21,23)/t16-/m1/s1. The molecular formula is C18H16F2N2O4. The second-order valence-electron chi connectivity index (χ2n) is 5.49. The van der Waals surface area contributed by atoms with E-state index in [4.69, 9.17) is 14.3 Å². The van der Waals surface area contributed by atoms with Gasteiger partial charge in [0.25, 0.3) is 5.91 Å². The third-order valence-electron chi connectivity index (χ3n) is 3.86. The lowest BCUT2D eigenvalue weighted by Crippen LogP contribution is -2.28. The summed E-state index contributed by atoms with van der Waals surface area (Å²) in [5, 5.41) is 6.30. The lowest BCUT2D eigenvalue weighted by atomic mass is 10.0. The average molecular weight is 362 g/mol. The van der Waals surface area contributed by atoms with Crippen molar-refractivity contribution in [2.75, 3.05) is 19.5 Å². The Labute approximate surface area is 148 Å². The van der Waals surface area contributed by atoms with Gasteiger partial charge in [-0.25, -0.2) is 8.78 Å². The van der Waals surface area contributed by atoms with Gasteiger partial charge >= 0.3 is 0 Å². The molecule has 3 rings (SSSR count). The van der Waals surface area contributed by atoms with Crippen LogP contribution in [0.15, 0.2) is 41.6 Å². The highest BCUT2D eigenvalue weighted by molar-refractivity contribution is 6.08. The van der Waals surface area contributed by atoms with Gasteiger partial charge < -0.3 is 19.6 Å². The summed E-state index contributed by atoms with van der Waals surface area (Å²) in [4.78, 5) is 17.5. The van der Waals surface area contributed by atoms with E-state index < -0.39 is 23.6 Å². The summed E-state index contributed by atoms with van der Waals surface area (Å²) in [5.41, 5.74) is 1.00. The number of oxime groups is 1. The fraction of sp³-hybridized carbons (Fsp3) is 0.222. The first-order chi connectivity index (χ1) is 12.5. The Morgan fingerprint density at radius 3 is 2.73 bits per heavy atom. The Hall–Kier alpha value is -3.16. The van der Waals surface area contributed by atoms with Crippen LogP contribution in [-0.4, -0.2) is 31.9 Å². The first kappa shape index (κ1) is 17.7. The number of ether oxygens (including phenoxy) is 2. The monoisotopic (exact) mass is 362 g/mol. The van der Waals surface area contributed by atoms with Gasteiger partial charge in [0.15, 0.2) is 11.5 Å². The minimum atomic E-state index is -0.939. The zero-order chi connectivity index (χ0) is 18.7. The van der Waals surface area contributed by atoms with Crippen molar-refractivity contribution in [2.24, 2.45) is 5.16 Å². The van der Waals surface area contributed by atoms with Crippen LogP contribution in [0.4, 0.5) is 14.5 Å². The minimum absolute atomic E-state index is 0.132. The molecule has 8 heteroatoms. The Morgan fingerprint density at radius 2 is 2.04 bits per heavy atom. The topological polar surface area (TPSA) is 69.2 Å². The van der Waals surface area contributed by atoms with Crippen LogP contribution in [0.3, 0.4) is 0 Å². The van der Waals surface area contributed by atoms with Crippen molar-refractivity contribution in [2.45, 2.75) is 12.5 Å². The molecule has 1 aliphatic heterocycles. The van der Waals surface area contributed by atoms with Crippen molar-refractivity contribution in [1.82, 2.24) is 0 Å². The molecule has 0 bridgehead atoms. The van der Waals surface area contributed by atoms with E-state index in [9.17, 15) is 13.6 Å². The van der Waals surface area contributed by atoms with Gasteiger partial charge in [0.2, 0.25) is 6.10 Å². The number of amides is 1. The van der Waals surface area contributed by atoms with Crippen molar-refractivity contribution in [3.8, 4) is 11.5 Å². The average Bonchev–Trinajstić information content (AvgIpc) is 3.13. The molecule has 0 fully saturated rings. The summed E-state index contributed by atoms with van der Waals surface area (Å²) in [7, 11) is 3.02. The second-order valence-corrected chi connectivity index (χ2v) is 5.49. The summed E-state index contributed by atoms with van der Waals surface area (Å²) in [6.45, 7) is 0. The van der Waals surface area contributed by atoms with Crippen LogP contribution in [0.2, 0.25) is 0 Å². The first-order valence-electron chi connectivity index (χ1n) is 7.73. The van der Waals surface area contributed by atoms with Crippen molar-refractivity contribution in [3.63, 3.8) is 0 Å². The van der Waals surface area contributed by atoms with Crippen LogP contribution in [-0.2, 0) is 9.63 Å². The van der Waals surface area contributed by atoms with E-state index in [0.717, 1.165) is 12.1 Å². The number of methoxy groups -OCH3 is 2. The van der Waals surface area contributed by atoms with Crippen LogP contribution in [0.1, 0.15) is 12.0 Å². The van der Waals surface area contributed by atoms with Crippen LogP contribution in [0.5, 0.6) is 11.5 Å². The third-order valence-corrected chi connectivity index (χ3v) is 3.86. The van der Waals surface area contributed by atoms with E-state index in [-0.39, 0.29) is 12.1 Å². The van der Waals surface area contributed by atoms with Gasteiger partial charge in [-0.1, -0.05) is 11.2 Å². The molecule has 0 saturated carbocycles. The molecule has 1 atom stereocenters.